The first-order valence-electron chi connectivity index (χ1n) is 5.36. The molecule has 4 nitrogen and oxygen atoms in total. The van der Waals surface area contributed by atoms with E-state index in [0.29, 0.717) is 0 Å². The van der Waals surface area contributed by atoms with Crippen molar-refractivity contribution in [1.29, 1.82) is 0 Å². The first-order valence-corrected chi connectivity index (χ1v) is 6.16. The lowest BCUT2D eigenvalue weighted by Crippen LogP contribution is -2.33. The second kappa shape index (κ2) is 6.53. The second-order valence-corrected chi connectivity index (χ2v) is 4.93. The van der Waals surface area contributed by atoms with Gasteiger partial charge in [-0.05, 0) is 22.0 Å². The molecule has 8 heteroatoms. The van der Waals surface area contributed by atoms with E-state index < -0.39 is 17.8 Å². The average molecular weight is 343 g/mol. The normalized spacial score (nSPS) is 13.4. The third-order valence-corrected chi connectivity index (χ3v) is 2.78. The number of halogens is 4. The minimum absolute atomic E-state index is 0.00838. The predicted molar refractivity (Wildman–Crippen MR) is 68.1 cm³/mol. The Labute approximate surface area is 117 Å². The number of hydrogen-bond acceptors (Lipinski definition) is 4. The van der Waals surface area contributed by atoms with Crippen molar-refractivity contribution in [3.8, 4) is 0 Å². The molecule has 0 bridgehead atoms. The van der Waals surface area contributed by atoms with E-state index in [1.807, 2.05) is 0 Å². The highest BCUT2D eigenvalue weighted by Crippen LogP contribution is 2.36. The molecule has 0 saturated heterocycles. The second-order valence-electron chi connectivity index (χ2n) is 4.01. The van der Waals surface area contributed by atoms with Gasteiger partial charge in [-0.1, -0.05) is 0 Å². The summed E-state index contributed by atoms with van der Waals surface area (Å²) in [6.45, 7) is 0.0355. The molecule has 0 spiro atoms. The van der Waals surface area contributed by atoms with Gasteiger partial charge in [-0.15, -0.1) is 0 Å². The Bertz CT molecular complexity index is 429. The van der Waals surface area contributed by atoms with Crippen molar-refractivity contribution in [3.05, 3.63) is 22.3 Å². The summed E-state index contributed by atoms with van der Waals surface area (Å²) in [5.41, 5.74) is -0.853. The summed E-state index contributed by atoms with van der Waals surface area (Å²) in [5.74, 6) is -0.231. The number of alkyl halides is 3. The molecule has 1 heterocycles. The minimum atomic E-state index is -4.51. The van der Waals surface area contributed by atoms with Gasteiger partial charge in [0.15, 0.2) is 0 Å². The standard InChI is InChI=1S/C11H14BrF3N2O2/c1-17(5-8(18)6-19-2)10-9(11(13,14)15)3-7(12)4-16-10/h3-4,8,18H,5-6H2,1-2H3. The number of likely N-dealkylation sites (N-methyl/N-ethyl adjacent to an activating group) is 1. The molecule has 0 aromatic carbocycles. The Morgan fingerprint density at radius 2 is 2.16 bits per heavy atom. The molecular formula is C11H14BrF3N2O2. The van der Waals surface area contributed by atoms with Crippen LogP contribution in [0.4, 0.5) is 19.0 Å². The van der Waals surface area contributed by atoms with Crippen LogP contribution in [-0.4, -0.2) is 43.5 Å². The fourth-order valence-corrected chi connectivity index (χ4v) is 1.92. The lowest BCUT2D eigenvalue weighted by atomic mass is 10.2. The number of anilines is 1. The molecular weight excluding hydrogens is 329 g/mol. The molecule has 0 aliphatic carbocycles. The number of aliphatic hydroxyl groups is 1. The van der Waals surface area contributed by atoms with Gasteiger partial charge in [0.1, 0.15) is 5.82 Å². The fourth-order valence-electron chi connectivity index (χ4n) is 1.59. The van der Waals surface area contributed by atoms with E-state index >= 15 is 0 Å². The quantitative estimate of drug-likeness (QED) is 0.891. The van der Waals surface area contributed by atoms with Crippen LogP contribution in [0.5, 0.6) is 0 Å². The molecule has 108 valence electrons. The van der Waals surface area contributed by atoms with Gasteiger partial charge in [0.05, 0.1) is 18.3 Å². The fraction of sp³-hybridized carbons (Fsp3) is 0.545. The van der Waals surface area contributed by atoms with E-state index in [0.717, 1.165) is 6.07 Å². The molecule has 1 rings (SSSR count). The Balaban J connectivity index is 2.99. The van der Waals surface area contributed by atoms with Crippen molar-refractivity contribution in [2.45, 2.75) is 12.3 Å². The first-order chi connectivity index (χ1) is 8.75. The predicted octanol–water partition coefficient (Wildman–Crippen LogP) is 2.31. The van der Waals surface area contributed by atoms with Crippen LogP contribution >= 0.6 is 15.9 Å². The Kier molecular flexibility index (Phi) is 5.57. The summed E-state index contributed by atoms with van der Waals surface area (Å²) in [6, 6.07) is 0.960. The molecule has 1 unspecified atom stereocenters. The number of pyridine rings is 1. The molecule has 1 atom stereocenters. The monoisotopic (exact) mass is 342 g/mol. The number of hydrogen-bond donors (Lipinski definition) is 1. The SMILES string of the molecule is COCC(O)CN(C)c1ncc(Br)cc1C(F)(F)F. The zero-order chi connectivity index (χ0) is 14.6. The van der Waals surface area contributed by atoms with Crippen molar-refractivity contribution < 1.29 is 23.0 Å². The summed E-state index contributed by atoms with van der Waals surface area (Å²) in [5, 5.41) is 9.54. The van der Waals surface area contributed by atoms with Gasteiger partial charge in [-0.3, -0.25) is 0 Å². The number of nitrogens with zero attached hydrogens (tertiary/aromatic N) is 2. The minimum Gasteiger partial charge on any atom is -0.389 e. The van der Waals surface area contributed by atoms with Crippen molar-refractivity contribution in [2.24, 2.45) is 0 Å². The average Bonchev–Trinajstić information content (AvgIpc) is 2.27. The van der Waals surface area contributed by atoms with E-state index in [1.165, 1.54) is 25.3 Å². The maximum absolute atomic E-state index is 12.9. The third kappa shape index (κ3) is 4.63. The van der Waals surface area contributed by atoms with Crippen LogP contribution in [0.3, 0.4) is 0 Å². The van der Waals surface area contributed by atoms with Crippen LogP contribution in [0.1, 0.15) is 5.56 Å². The molecule has 0 radical (unpaired) electrons. The number of aliphatic hydroxyl groups excluding tert-OH is 1. The van der Waals surface area contributed by atoms with Crippen LogP contribution in [-0.2, 0) is 10.9 Å². The van der Waals surface area contributed by atoms with Gasteiger partial charge in [0.2, 0.25) is 0 Å². The lowest BCUT2D eigenvalue weighted by Gasteiger charge is -2.24. The topological polar surface area (TPSA) is 45.6 Å². The Morgan fingerprint density at radius 3 is 2.68 bits per heavy atom. The highest BCUT2D eigenvalue weighted by atomic mass is 79.9. The van der Waals surface area contributed by atoms with Crippen LogP contribution in [0, 0.1) is 0 Å². The lowest BCUT2D eigenvalue weighted by molar-refractivity contribution is -0.137. The first kappa shape index (κ1) is 16.2. The van der Waals surface area contributed by atoms with E-state index in [1.54, 1.807) is 0 Å². The summed E-state index contributed by atoms with van der Waals surface area (Å²) in [7, 11) is 2.84. The van der Waals surface area contributed by atoms with Gasteiger partial charge in [-0.25, -0.2) is 4.98 Å². The number of aromatic nitrogens is 1. The Morgan fingerprint density at radius 1 is 1.53 bits per heavy atom. The molecule has 1 N–H and O–H groups in total. The molecule has 0 aliphatic heterocycles. The third-order valence-electron chi connectivity index (χ3n) is 2.34. The van der Waals surface area contributed by atoms with Gasteiger partial charge in [-0.2, -0.15) is 13.2 Å². The molecule has 0 amide bonds. The van der Waals surface area contributed by atoms with Crippen molar-refractivity contribution in [2.75, 3.05) is 32.2 Å². The van der Waals surface area contributed by atoms with E-state index in [4.69, 9.17) is 4.74 Å². The van der Waals surface area contributed by atoms with Gasteiger partial charge < -0.3 is 14.7 Å². The van der Waals surface area contributed by atoms with Crippen molar-refractivity contribution in [3.63, 3.8) is 0 Å². The Hall–Kier alpha value is -0.860. The largest absolute Gasteiger partial charge is 0.419 e. The molecule has 19 heavy (non-hydrogen) atoms. The maximum Gasteiger partial charge on any atom is 0.419 e. The van der Waals surface area contributed by atoms with E-state index in [9.17, 15) is 18.3 Å². The van der Waals surface area contributed by atoms with Crippen molar-refractivity contribution in [1.82, 2.24) is 4.98 Å². The smallest absolute Gasteiger partial charge is 0.389 e. The summed E-state index contributed by atoms with van der Waals surface area (Å²) in [6.07, 6.45) is -4.11. The summed E-state index contributed by atoms with van der Waals surface area (Å²) >= 11 is 2.96. The van der Waals surface area contributed by atoms with Gasteiger partial charge in [0.25, 0.3) is 0 Å². The highest BCUT2D eigenvalue weighted by Gasteiger charge is 2.35. The number of methoxy groups -OCH3 is 1. The molecule has 1 aromatic rings. The van der Waals surface area contributed by atoms with Crippen molar-refractivity contribution >= 4 is 21.7 Å². The van der Waals surface area contributed by atoms with Crippen LogP contribution in [0.15, 0.2) is 16.7 Å². The number of rotatable bonds is 5. The van der Waals surface area contributed by atoms with E-state index in [-0.39, 0.29) is 23.4 Å². The maximum atomic E-state index is 12.9. The van der Waals surface area contributed by atoms with Crippen LogP contribution in [0.25, 0.3) is 0 Å². The molecule has 0 saturated carbocycles. The van der Waals surface area contributed by atoms with Crippen LogP contribution < -0.4 is 4.90 Å². The van der Waals surface area contributed by atoms with E-state index in [2.05, 4.69) is 20.9 Å². The van der Waals surface area contributed by atoms with Gasteiger partial charge in [0, 0.05) is 31.4 Å². The zero-order valence-corrected chi connectivity index (χ0v) is 12.0. The van der Waals surface area contributed by atoms with Gasteiger partial charge >= 0.3 is 6.18 Å². The highest BCUT2D eigenvalue weighted by molar-refractivity contribution is 9.10. The van der Waals surface area contributed by atoms with Crippen LogP contribution in [0.2, 0.25) is 0 Å². The zero-order valence-electron chi connectivity index (χ0n) is 10.4. The summed E-state index contributed by atoms with van der Waals surface area (Å²) < 4.78 is 43.7. The number of ether oxygens (including phenoxy) is 1. The molecule has 0 fully saturated rings. The summed E-state index contributed by atoms with van der Waals surface area (Å²) in [4.78, 5) is 5.01. The molecule has 1 aromatic heterocycles. The molecule has 0 aliphatic rings.